The van der Waals surface area contributed by atoms with Crippen molar-refractivity contribution in [3.05, 3.63) is 44.1 Å². The molecule has 0 atom stereocenters. The number of hydrogen-bond donors (Lipinski definition) is 0. The summed E-state index contributed by atoms with van der Waals surface area (Å²) in [5, 5.41) is 2.41. The van der Waals surface area contributed by atoms with Crippen molar-refractivity contribution in [2.24, 2.45) is 7.05 Å². The van der Waals surface area contributed by atoms with Crippen LogP contribution in [0.25, 0.3) is 21.5 Å². The van der Waals surface area contributed by atoms with E-state index in [-0.39, 0.29) is 11.2 Å². The van der Waals surface area contributed by atoms with Crippen molar-refractivity contribution in [1.29, 1.82) is 0 Å². The van der Waals surface area contributed by atoms with Gasteiger partial charge < -0.3 is 4.42 Å². The second-order valence-electron chi connectivity index (χ2n) is 4.63. The van der Waals surface area contributed by atoms with Crippen LogP contribution < -0.4 is 11.2 Å². The van der Waals surface area contributed by atoms with Crippen LogP contribution in [0.3, 0.4) is 0 Å². The Morgan fingerprint density at radius 2 is 2.05 bits per heavy atom. The summed E-state index contributed by atoms with van der Waals surface area (Å²) >= 11 is 1.38. The average molecular weight is 290 g/mol. The van der Waals surface area contributed by atoms with E-state index < -0.39 is 0 Å². The molecule has 0 saturated heterocycles. The molecule has 104 valence electrons. The zero-order valence-corrected chi connectivity index (χ0v) is 12.3. The maximum Gasteiger partial charge on any atom is 0.331 e. The Labute approximate surface area is 118 Å². The SMILES string of the molecule is CCn1c(=O)c2c(-c3ccc(C)o3)csc2n(C)c1=O. The summed E-state index contributed by atoms with van der Waals surface area (Å²) in [5.41, 5.74) is 0.214. The first-order valence-corrected chi connectivity index (χ1v) is 7.20. The first kappa shape index (κ1) is 12.9. The summed E-state index contributed by atoms with van der Waals surface area (Å²) in [6.07, 6.45) is 0. The van der Waals surface area contributed by atoms with Crippen molar-refractivity contribution in [3.63, 3.8) is 0 Å². The molecule has 3 aromatic heterocycles. The van der Waals surface area contributed by atoms with Gasteiger partial charge in [-0.15, -0.1) is 11.3 Å². The van der Waals surface area contributed by atoms with Crippen LogP contribution in [0, 0.1) is 6.92 Å². The first-order chi connectivity index (χ1) is 9.54. The first-order valence-electron chi connectivity index (χ1n) is 6.32. The minimum absolute atomic E-state index is 0.254. The number of aromatic nitrogens is 2. The van der Waals surface area contributed by atoms with E-state index in [2.05, 4.69) is 0 Å². The fourth-order valence-corrected chi connectivity index (χ4v) is 3.35. The van der Waals surface area contributed by atoms with Crippen LogP contribution in [-0.2, 0) is 13.6 Å². The van der Waals surface area contributed by atoms with Crippen LogP contribution in [0.15, 0.2) is 31.5 Å². The van der Waals surface area contributed by atoms with Gasteiger partial charge in [0.2, 0.25) is 0 Å². The van der Waals surface area contributed by atoms with Crippen molar-refractivity contribution in [3.8, 4) is 11.3 Å². The molecular formula is C14H14N2O3S. The molecule has 0 aliphatic heterocycles. The minimum atomic E-state index is -0.283. The van der Waals surface area contributed by atoms with E-state index in [1.54, 1.807) is 14.0 Å². The lowest BCUT2D eigenvalue weighted by molar-refractivity contribution is 0.549. The van der Waals surface area contributed by atoms with Crippen LogP contribution >= 0.6 is 11.3 Å². The van der Waals surface area contributed by atoms with Crippen LogP contribution in [0.1, 0.15) is 12.7 Å². The predicted octanol–water partition coefficient (Wildman–Crippen LogP) is 2.35. The Bertz CT molecular complexity index is 911. The number of aryl methyl sites for hydroxylation is 2. The van der Waals surface area contributed by atoms with Gasteiger partial charge in [-0.1, -0.05) is 0 Å². The van der Waals surface area contributed by atoms with Gasteiger partial charge in [0.25, 0.3) is 5.56 Å². The molecule has 3 rings (SSSR count). The van der Waals surface area contributed by atoms with E-state index >= 15 is 0 Å². The highest BCUT2D eigenvalue weighted by atomic mass is 32.1. The van der Waals surface area contributed by atoms with Crippen molar-refractivity contribution in [1.82, 2.24) is 9.13 Å². The zero-order chi connectivity index (χ0) is 14.4. The number of nitrogens with zero attached hydrogens (tertiary/aromatic N) is 2. The van der Waals surface area contributed by atoms with E-state index in [4.69, 9.17) is 4.42 Å². The molecule has 0 bridgehead atoms. The number of rotatable bonds is 2. The molecule has 0 amide bonds. The Hall–Kier alpha value is -2.08. The van der Waals surface area contributed by atoms with Gasteiger partial charge in [-0.25, -0.2) is 4.79 Å². The number of thiophene rings is 1. The highest BCUT2D eigenvalue weighted by molar-refractivity contribution is 7.17. The van der Waals surface area contributed by atoms with E-state index in [1.165, 1.54) is 20.5 Å². The fraction of sp³-hybridized carbons (Fsp3) is 0.286. The lowest BCUT2D eigenvalue weighted by Gasteiger charge is -2.06. The lowest BCUT2D eigenvalue weighted by atomic mass is 10.2. The van der Waals surface area contributed by atoms with E-state index in [0.29, 0.717) is 22.5 Å². The van der Waals surface area contributed by atoms with Gasteiger partial charge in [-0.2, -0.15) is 0 Å². The van der Waals surface area contributed by atoms with Crippen LogP contribution in [0.5, 0.6) is 0 Å². The van der Waals surface area contributed by atoms with Crippen molar-refractivity contribution in [2.75, 3.05) is 0 Å². The smallest absolute Gasteiger partial charge is 0.331 e. The lowest BCUT2D eigenvalue weighted by Crippen LogP contribution is -2.38. The molecule has 3 heterocycles. The third kappa shape index (κ3) is 1.68. The highest BCUT2D eigenvalue weighted by Gasteiger charge is 2.18. The quantitative estimate of drug-likeness (QED) is 0.728. The standard InChI is InChI=1S/C14H14N2O3S/c1-4-16-12(17)11-9(10-6-5-8(2)19-10)7-20-13(11)15(3)14(16)18/h5-7H,4H2,1-3H3. The molecular weight excluding hydrogens is 276 g/mol. The molecule has 6 heteroatoms. The van der Waals surface area contributed by atoms with Gasteiger partial charge in [-0.3, -0.25) is 13.9 Å². The minimum Gasteiger partial charge on any atom is -0.461 e. The summed E-state index contributed by atoms with van der Waals surface area (Å²) in [7, 11) is 1.68. The topological polar surface area (TPSA) is 57.1 Å². The Morgan fingerprint density at radius 1 is 1.30 bits per heavy atom. The van der Waals surface area contributed by atoms with Crippen molar-refractivity contribution < 1.29 is 4.42 Å². The predicted molar refractivity (Wildman–Crippen MR) is 79.4 cm³/mol. The number of fused-ring (bicyclic) bond motifs is 1. The highest BCUT2D eigenvalue weighted by Crippen LogP contribution is 2.31. The average Bonchev–Trinajstić information content (AvgIpc) is 3.02. The van der Waals surface area contributed by atoms with Gasteiger partial charge >= 0.3 is 5.69 Å². The number of hydrogen-bond acceptors (Lipinski definition) is 4. The largest absolute Gasteiger partial charge is 0.461 e. The summed E-state index contributed by atoms with van der Waals surface area (Å²) < 4.78 is 8.37. The van der Waals surface area contributed by atoms with Gasteiger partial charge in [0, 0.05) is 24.5 Å². The molecule has 0 unspecified atom stereocenters. The molecule has 5 nitrogen and oxygen atoms in total. The molecule has 0 fully saturated rings. The normalized spacial score (nSPS) is 11.3. The molecule has 0 spiro atoms. The number of furan rings is 1. The molecule has 0 aliphatic rings. The summed E-state index contributed by atoms with van der Waals surface area (Å²) in [6.45, 7) is 4.00. The molecule has 0 saturated carbocycles. The monoisotopic (exact) mass is 290 g/mol. The maximum atomic E-state index is 12.5. The molecule has 3 aromatic rings. The van der Waals surface area contributed by atoms with Gasteiger partial charge in [0.05, 0.1) is 5.39 Å². The summed E-state index contributed by atoms with van der Waals surface area (Å²) in [5.74, 6) is 1.45. The van der Waals surface area contributed by atoms with Crippen molar-refractivity contribution >= 4 is 21.6 Å². The summed E-state index contributed by atoms with van der Waals surface area (Å²) in [6, 6.07) is 3.71. The molecule has 0 aromatic carbocycles. The van der Waals surface area contributed by atoms with E-state index in [1.807, 2.05) is 24.4 Å². The van der Waals surface area contributed by atoms with Crippen LogP contribution in [0.4, 0.5) is 0 Å². The molecule has 0 radical (unpaired) electrons. The Balaban J connectivity index is 2.46. The van der Waals surface area contributed by atoms with Crippen LogP contribution in [0.2, 0.25) is 0 Å². The van der Waals surface area contributed by atoms with Gasteiger partial charge in [0.1, 0.15) is 16.4 Å². The molecule has 0 N–H and O–H groups in total. The van der Waals surface area contributed by atoms with E-state index in [9.17, 15) is 9.59 Å². The third-order valence-corrected chi connectivity index (χ3v) is 4.43. The molecule has 0 aliphatic carbocycles. The maximum absolute atomic E-state index is 12.5. The second-order valence-corrected chi connectivity index (χ2v) is 5.49. The van der Waals surface area contributed by atoms with Crippen LogP contribution in [-0.4, -0.2) is 9.13 Å². The Kier molecular flexibility index (Phi) is 2.90. The fourth-order valence-electron chi connectivity index (χ4n) is 2.33. The van der Waals surface area contributed by atoms with Crippen molar-refractivity contribution in [2.45, 2.75) is 20.4 Å². The third-order valence-electron chi connectivity index (χ3n) is 3.38. The summed E-state index contributed by atoms with van der Waals surface area (Å²) in [4.78, 5) is 25.3. The second kappa shape index (κ2) is 4.49. The van der Waals surface area contributed by atoms with E-state index in [0.717, 1.165) is 11.3 Å². The van der Waals surface area contributed by atoms with Gasteiger partial charge in [0.15, 0.2) is 0 Å². The molecule has 20 heavy (non-hydrogen) atoms. The Morgan fingerprint density at radius 3 is 2.65 bits per heavy atom. The zero-order valence-electron chi connectivity index (χ0n) is 11.5. The van der Waals surface area contributed by atoms with Gasteiger partial charge in [-0.05, 0) is 26.0 Å².